The van der Waals surface area contributed by atoms with Crippen molar-refractivity contribution in [2.75, 3.05) is 0 Å². The number of hydrogen-bond acceptors (Lipinski definition) is 3. The van der Waals surface area contributed by atoms with Crippen molar-refractivity contribution in [3.05, 3.63) is 47.0 Å². The fourth-order valence-electron chi connectivity index (χ4n) is 2.20. The first-order valence-corrected chi connectivity index (χ1v) is 6.34. The molecule has 0 aromatic carbocycles. The van der Waals surface area contributed by atoms with Gasteiger partial charge in [0.15, 0.2) is 0 Å². The summed E-state index contributed by atoms with van der Waals surface area (Å²) in [6.07, 6.45) is 4.71. The van der Waals surface area contributed by atoms with Crippen LogP contribution in [-0.2, 0) is 6.54 Å². The largest absolute Gasteiger partial charge is 0.318 e. The maximum Gasteiger partial charge on any atom is 0.0899 e. The first-order chi connectivity index (χ1) is 8.63. The third-order valence-corrected chi connectivity index (χ3v) is 3.05. The summed E-state index contributed by atoms with van der Waals surface area (Å²) in [6.45, 7) is 7.11. The van der Waals surface area contributed by atoms with Crippen molar-refractivity contribution in [3.8, 4) is 0 Å². The maximum absolute atomic E-state index is 6.32. The zero-order valence-electron chi connectivity index (χ0n) is 11.2. The summed E-state index contributed by atoms with van der Waals surface area (Å²) in [5.74, 6) is 0. The number of nitrogens with zero attached hydrogens (tertiary/aromatic N) is 3. The molecule has 0 aliphatic carbocycles. The minimum absolute atomic E-state index is 0.209. The standard InChI is InChI=1S/C14H20N4/c1-4-7-18-12(5-6-17-18)13(15)14-11(3)8-10(2)9-16-14/h5-6,8-9,13H,4,7,15H2,1-3H3. The van der Waals surface area contributed by atoms with Gasteiger partial charge in [-0.1, -0.05) is 13.0 Å². The average molecular weight is 244 g/mol. The Morgan fingerprint density at radius 2 is 2.17 bits per heavy atom. The van der Waals surface area contributed by atoms with Crippen LogP contribution in [0.4, 0.5) is 0 Å². The van der Waals surface area contributed by atoms with Gasteiger partial charge in [-0.25, -0.2) is 0 Å². The van der Waals surface area contributed by atoms with E-state index in [1.165, 1.54) is 0 Å². The lowest BCUT2D eigenvalue weighted by Crippen LogP contribution is -2.19. The van der Waals surface area contributed by atoms with E-state index in [0.29, 0.717) is 0 Å². The number of hydrogen-bond donors (Lipinski definition) is 1. The predicted octanol–water partition coefficient (Wildman–Crippen LogP) is 2.35. The van der Waals surface area contributed by atoms with Crippen LogP contribution in [0, 0.1) is 13.8 Å². The molecule has 1 unspecified atom stereocenters. The summed E-state index contributed by atoms with van der Waals surface area (Å²) in [5.41, 5.74) is 10.6. The molecule has 2 aromatic rings. The van der Waals surface area contributed by atoms with E-state index >= 15 is 0 Å². The second-order valence-corrected chi connectivity index (χ2v) is 4.67. The minimum atomic E-state index is -0.209. The molecule has 0 aliphatic rings. The van der Waals surface area contributed by atoms with Crippen molar-refractivity contribution in [3.63, 3.8) is 0 Å². The van der Waals surface area contributed by atoms with Crippen LogP contribution < -0.4 is 5.73 Å². The Balaban J connectivity index is 2.35. The quantitative estimate of drug-likeness (QED) is 0.898. The molecule has 96 valence electrons. The van der Waals surface area contributed by atoms with Crippen LogP contribution in [-0.4, -0.2) is 14.8 Å². The smallest absolute Gasteiger partial charge is 0.0899 e. The molecular weight excluding hydrogens is 224 g/mol. The van der Waals surface area contributed by atoms with E-state index in [1.807, 2.05) is 23.9 Å². The third-order valence-electron chi connectivity index (χ3n) is 3.05. The second kappa shape index (κ2) is 5.31. The van der Waals surface area contributed by atoms with Crippen LogP contribution in [0.2, 0.25) is 0 Å². The molecule has 2 aromatic heterocycles. The molecule has 2 rings (SSSR count). The molecule has 0 saturated heterocycles. The van der Waals surface area contributed by atoms with Gasteiger partial charge >= 0.3 is 0 Å². The predicted molar refractivity (Wildman–Crippen MR) is 72.3 cm³/mol. The molecule has 0 aliphatic heterocycles. The van der Waals surface area contributed by atoms with Gasteiger partial charge in [-0.15, -0.1) is 0 Å². The average Bonchev–Trinajstić information content (AvgIpc) is 2.77. The van der Waals surface area contributed by atoms with Gasteiger partial charge in [0, 0.05) is 18.9 Å². The van der Waals surface area contributed by atoms with E-state index in [0.717, 1.165) is 35.5 Å². The monoisotopic (exact) mass is 244 g/mol. The lowest BCUT2D eigenvalue weighted by atomic mass is 10.0. The van der Waals surface area contributed by atoms with Crippen molar-refractivity contribution in [2.45, 2.75) is 39.8 Å². The molecule has 0 amide bonds. The second-order valence-electron chi connectivity index (χ2n) is 4.67. The van der Waals surface area contributed by atoms with E-state index in [1.54, 1.807) is 6.20 Å². The van der Waals surface area contributed by atoms with Gasteiger partial charge in [-0.3, -0.25) is 9.67 Å². The molecule has 0 fully saturated rings. The highest BCUT2D eigenvalue weighted by Crippen LogP contribution is 2.21. The van der Waals surface area contributed by atoms with Gasteiger partial charge in [0.2, 0.25) is 0 Å². The Hall–Kier alpha value is -1.68. The molecule has 0 spiro atoms. The lowest BCUT2D eigenvalue weighted by Gasteiger charge is -2.15. The topological polar surface area (TPSA) is 56.7 Å². The molecule has 1 atom stereocenters. The first kappa shape index (κ1) is 12.8. The zero-order valence-corrected chi connectivity index (χ0v) is 11.2. The minimum Gasteiger partial charge on any atom is -0.318 e. The fourth-order valence-corrected chi connectivity index (χ4v) is 2.20. The SMILES string of the molecule is CCCn1nccc1C(N)c1ncc(C)cc1C. The van der Waals surface area contributed by atoms with Gasteiger partial charge in [-0.05, 0) is 37.5 Å². The van der Waals surface area contributed by atoms with E-state index in [9.17, 15) is 0 Å². The Labute approximate surface area is 108 Å². The van der Waals surface area contributed by atoms with Crippen molar-refractivity contribution in [2.24, 2.45) is 5.73 Å². The summed E-state index contributed by atoms with van der Waals surface area (Å²) < 4.78 is 1.96. The van der Waals surface area contributed by atoms with E-state index < -0.39 is 0 Å². The van der Waals surface area contributed by atoms with Crippen molar-refractivity contribution < 1.29 is 0 Å². The van der Waals surface area contributed by atoms with Crippen LogP contribution in [0.15, 0.2) is 24.5 Å². The number of rotatable bonds is 4. The molecule has 4 heteroatoms. The molecule has 0 bridgehead atoms. The molecule has 4 nitrogen and oxygen atoms in total. The van der Waals surface area contributed by atoms with Crippen molar-refractivity contribution in [1.82, 2.24) is 14.8 Å². The molecule has 18 heavy (non-hydrogen) atoms. The van der Waals surface area contributed by atoms with Crippen LogP contribution in [0.25, 0.3) is 0 Å². The van der Waals surface area contributed by atoms with Crippen LogP contribution in [0.5, 0.6) is 0 Å². The normalized spacial score (nSPS) is 12.7. The first-order valence-electron chi connectivity index (χ1n) is 6.34. The lowest BCUT2D eigenvalue weighted by molar-refractivity contribution is 0.556. The van der Waals surface area contributed by atoms with Gasteiger partial charge < -0.3 is 5.73 Å². The van der Waals surface area contributed by atoms with Crippen molar-refractivity contribution in [1.29, 1.82) is 0 Å². The zero-order chi connectivity index (χ0) is 13.1. The number of aryl methyl sites for hydroxylation is 3. The van der Waals surface area contributed by atoms with Crippen LogP contribution in [0.1, 0.15) is 41.9 Å². The van der Waals surface area contributed by atoms with Crippen molar-refractivity contribution >= 4 is 0 Å². The Kier molecular flexibility index (Phi) is 3.77. The maximum atomic E-state index is 6.32. The number of pyridine rings is 1. The highest BCUT2D eigenvalue weighted by atomic mass is 15.3. The van der Waals surface area contributed by atoms with Gasteiger partial charge in [0.1, 0.15) is 0 Å². The number of nitrogens with two attached hydrogens (primary N) is 1. The summed E-state index contributed by atoms with van der Waals surface area (Å²) in [6, 6.07) is 3.88. The van der Waals surface area contributed by atoms with Gasteiger partial charge in [0.25, 0.3) is 0 Å². The van der Waals surface area contributed by atoms with Crippen LogP contribution in [0.3, 0.4) is 0 Å². The number of aromatic nitrogens is 3. The Morgan fingerprint density at radius 1 is 1.39 bits per heavy atom. The van der Waals surface area contributed by atoms with E-state index in [4.69, 9.17) is 5.73 Å². The van der Waals surface area contributed by atoms with E-state index in [-0.39, 0.29) is 6.04 Å². The summed E-state index contributed by atoms with van der Waals surface area (Å²) in [7, 11) is 0. The highest BCUT2D eigenvalue weighted by molar-refractivity contribution is 5.30. The Bertz CT molecular complexity index is 530. The Morgan fingerprint density at radius 3 is 2.83 bits per heavy atom. The molecule has 0 saturated carbocycles. The molecule has 2 heterocycles. The highest BCUT2D eigenvalue weighted by Gasteiger charge is 2.16. The summed E-state index contributed by atoms with van der Waals surface area (Å²) >= 11 is 0. The fraction of sp³-hybridized carbons (Fsp3) is 0.429. The summed E-state index contributed by atoms with van der Waals surface area (Å²) in [4.78, 5) is 4.47. The molecule has 2 N–H and O–H groups in total. The molecule has 0 radical (unpaired) electrons. The third kappa shape index (κ3) is 2.43. The van der Waals surface area contributed by atoms with Gasteiger partial charge in [-0.2, -0.15) is 5.10 Å². The van der Waals surface area contributed by atoms with Gasteiger partial charge in [0.05, 0.1) is 17.4 Å². The van der Waals surface area contributed by atoms with Crippen LogP contribution >= 0.6 is 0 Å². The molecular formula is C14H20N4. The van der Waals surface area contributed by atoms with E-state index in [2.05, 4.69) is 30.0 Å². The summed E-state index contributed by atoms with van der Waals surface area (Å²) in [5, 5.41) is 4.31.